The Morgan fingerprint density at radius 3 is 2.54 bits per heavy atom. The van der Waals surface area contributed by atoms with Gasteiger partial charge in [0.05, 0.1) is 29.5 Å². The minimum absolute atomic E-state index is 0.188. The van der Waals surface area contributed by atoms with Gasteiger partial charge in [-0.2, -0.15) is 0 Å². The SMILES string of the molecule is C=CC(=O)N1CCOc2nn(-c3ccc(C4CCC4)cc3)c3c2[C@H](C1)N(C(=O)OC(C)(C)C)CC3. The Labute approximate surface area is 206 Å². The molecule has 1 aromatic heterocycles. The van der Waals surface area contributed by atoms with Crippen molar-refractivity contribution in [2.45, 2.75) is 64.0 Å². The Morgan fingerprint density at radius 2 is 1.91 bits per heavy atom. The lowest BCUT2D eigenvalue weighted by Gasteiger charge is -2.40. The van der Waals surface area contributed by atoms with E-state index < -0.39 is 17.7 Å². The third-order valence-electron chi connectivity index (χ3n) is 7.11. The van der Waals surface area contributed by atoms with Crippen molar-refractivity contribution in [2.24, 2.45) is 0 Å². The second kappa shape index (κ2) is 9.06. The standard InChI is InChI=1S/C27H34N4O4/c1-5-23(32)29-15-16-34-25-24-21(13-14-30(22(24)17-29)26(33)35-27(2,3)4)31(28-25)20-11-9-19(10-12-20)18-7-6-8-18/h5,9-12,18,22H,1,6-8,13-17H2,2-4H3/t22-/m0/s1. The molecule has 0 N–H and O–H groups in total. The highest BCUT2D eigenvalue weighted by Crippen LogP contribution is 2.40. The van der Waals surface area contributed by atoms with Gasteiger partial charge in [0.2, 0.25) is 11.8 Å². The van der Waals surface area contributed by atoms with E-state index in [9.17, 15) is 9.59 Å². The van der Waals surface area contributed by atoms with E-state index in [4.69, 9.17) is 14.6 Å². The lowest BCUT2D eigenvalue weighted by Crippen LogP contribution is -2.49. The van der Waals surface area contributed by atoms with Crippen LogP contribution in [0.1, 0.15) is 68.8 Å². The van der Waals surface area contributed by atoms with Gasteiger partial charge in [-0.3, -0.25) is 9.69 Å². The molecular formula is C27H34N4O4. The number of amides is 2. The van der Waals surface area contributed by atoms with E-state index in [1.807, 2.05) is 25.5 Å². The maximum atomic E-state index is 13.2. The molecule has 8 heteroatoms. The minimum atomic E-state index is -0.624. The fourth-order valence-electron chi connectivity index (χ4n) is 5.12. The molecule has 2 aromatic rings. The van der Waals surface area contributed by atoms with E-state index >= 15 is 0 Å². The monoisotopic (exact) mass is 478 g/mol. The Morgan fingerprint density at radius 1 is 1.17 bits per heavy atom. The summed E-state index contributed by atoms with van der Waals surface area (Å²) in [6.45, 7) is 10.7. The Kier molecular flexibility index (Phi) is 6.07. The first-order valence-electron chi connectivity index (χ1n) is 12.5. The molecule has 186 valence electrons. The lowest BCUT2D eigenvalue weighted by atomic mass is 9.80. The molecule has 8 nitrogen and oxygen atoms in total. The van der Waals surface area contributed by atoms with Gasteiger partial charge < -0.3 is 14.4 Å². The number of hydrogen-bond donors (Lipinski definition) is 0. The number of carbonyl (C=O) groups excluding carboxylic acids is 2. The topological polar surface area (TPSA) is 76.9 Å². The Balaban J connectivity index is 1.53. The number of benzene rings is 1. The molecule has 3 heterocycles. The minimum Gasteiger partial charge on any atom is -0.474 e. The van der Waals surface area contributed by atoms with Gasteiger partial charge in [0.15, 0.2) is 0 Å². The zero-order chi connectivity index (χ0) is 24.7. The molecule has 1 fully saturated rings. The average molecular weight is 479 g/mol. The average Bonchev–Trinajstić information content (AvgIpc) is 3.13. The number of aromatic nitrogens is 2. The smallest absolute Gasteiger partial charge is 0.410 e. The van der Waals surface area contributed by atoms with Crippen molar-refractivity contribution in [1.29, 1.82) is 0 Å². The van der Waals surface area contributed by atoms with Crippen LogP contribution in [0.3, 0.4) is 0 Å². The zero-order valence-electron chi connectivity index (χ0n) is 20.8. The number of rotatable bonds is 3. The molecule has 2 amide bonds. The van der Waals surface area contributed by atoms with E-state index in [1.54, 1.807) is 9.80 Å². The normalized spacial score (nSPS) is 20.1. The molecule has 1 atom stereocenters. The first kappa shape index (κ1) is 23.5. The van der Waals surface area contributed by atoms with Crippen LogP contribution in [0.5, 0.6) is 5.88 Å². The first-order chi connectivity index (χ1) is 16.7. The third-order valence-corrected chi connectivity index (χ3v) is 7.11. The van der Waals surface area contributed by atoms with Gasteiger partial charge in [0.25, 0.3) is 0 Å². The van der Waals surface area contributed by atoms with Crippen molar-refractivity contribution < 1.29 is 19.1 Å². The van der Waals surface area contributed by atoms with Crippen molar-refractivity contribution in [3.05, 3.63) is 53.7 Å². The fourth-order valence-corrected chi connectivity index (χ4v) is 5.12. The van der Waals surface area contributed by atoms with Crippen LogP contribution in [-0.2, 0) is 16.0 Å². The molecule has 1 aliphatic carbocycles. The molecule has 1 saturated carbocycles. The zero-order valence-corrected chi connectivity index (χ0v) is 20.8. The van der Waals surface area contributed by atoms with Gasteiger partial charge in [0, 0.05) is 19.5 Å². The highest BCUT2D eigenvalue weighted by molar-refractivity contribution is 5.87. The predicted octanol–water partition coefficient (Wildman–Crippen LogP) is 4.38. The quantitative estimate of drug-likeness (QED) is 0.612. The maximum absolute atomic E-state index is 13.2. The van der Waals surface area contributed by atoms with Crippen molar-refractivity contribution in [3.8, 4) is 11.6 Å². The molecule has 5 rings (SSSR count). The second-order valence-electron chi connectivity index (χ2n) is 10.6. The van der Waals surface area contributed by atoms with Crippen LogP contribution in [0.2, 0.25) is 0 Å². The highest BCUT2D eigenvalue weighted by Gasteiger charge is 2.41. The van der Waals surface area contributed by atoms with Crippen LogP contribution in [0, 0.1) is 0 Å². The van der Waals surface area contributed by atoms with Crippen LogP contribution in [0.25, 0.3) is 5.69 Å². The summed E-state index contributed by atoms with van der Waals surface area (Å²) in [4.78, 5) is 29.1. The summed E-state index contributed by atoms with van der Waals surface area (Å²) >= 11 is 0. The number of ether oxygens (including phenoxy) is 2. The van der Waals surface area contributed by atoms with Crippen molar-refractivity contribution in [3.63, 3.8) is 0 Å². The molecule has 0 radical (unpaired) electrons. The molecule has 1 aromatic carbocycles. The fraction of sp³-hybridized carbons (Fsp3) is 0.519. The summed E-state index contributed by atoms with van der Waals surface area (Å²) in [5, 5.41) is 4.84. The highest BCUT2D eigenvalue weighted by atomic mass is 16.6. The summed E-state index contributed by atoms with van der Waals surface area (Å²) in [6, 6.07) is 8.21. The van der Waals surface area contributed by atoms with Crippen molar-refractivity contribution in [1.82, 2.24) is 19.6 Å². The summed E-state index contributed by atoms with van der Waals surface area (Å²) < 4.78 is 13.7. The van der Waals surface area contributed by atoms with Crippen LogP contribution in [-0.4, -0.2) is 63.4 Å². The Hall–Kier alpha value is -3.29. The molecule has 2 aliphatic heterocycles. The van der Waals surface area contributed by atoms with Gasteiger partial charge in [-0.15, -0.1) is 5.10 Å². The van der Waals surface area contributed by atoms with Gasteiger partial charge in [-0.1, -0.05) is 25.1 Å². The van der Waals surface area contributed by atoms with Gasteiger partial charge in [0.1, 0.15) is 12.2 Å². The van der Waals surface area contributed by atoms with E-state index in [0.29, 0.717) is 44.5 Å². The summed E-state index contributed by atoms with van der Waals surface area (Å²) in [5.41, 5.74) is 3.59. The predicted molar refractivity (Wildman–Crippen MR) is 132 cm³/mol. The summed E-state index contributed by atoms with van der Waals surface area (Å²) in [5.74, 6) is 1.00. The van der Waals surface area contributed by atoms with Gasteiger partial charge in [-0.05, 0) is 63.3 Å². The van der Waals surface area contributed by atoms with Gasteiger partial charge >= 0.3 is 6.09 Å². The van der Waals surface area contributed by atoms with Gasteiger partial charge in [-0.25, -0.2) is 9.48 Å². The van der Waals surface area contributed by atoms with Crippen LogP contribution in [0.4, 0.5) is 4.79 Å². The van der Waals surface area contributed by atoms with Crippen LogP contribution < -0.4 is 4.74 Å². The number of carbonyl (C=O) groups is 2. The molecule has 3 aliphatic rings. The Bertz CT molecular complexity index is 1130. The van der Waals surface area contributed by atoms with E-state index in [1.165, 1.54) is 30.9 Å². The van der Waals surface area contributed by atoms with Crippen molar-refractivity contribution >= 4 is 12.0 Å². The van der Waals surface area contributed by atoms with E-state index in [2.05, 4.69) is 30.8 Å². The van der Waals surface area contributed by atoms with Crippen molar-refractivity contribution in [2.75, 3.05) is 26.2 Å². The molecule has 35 heavy (non-hydrogen) atoms. The van der Waals surface area contributed by atoms with Crippen LogP contribution >= 0.6 is 0 Å². The largest absolute Gasteiger partial charge is 0.474 e. The summed E-state index contributed by atoms with van der Waals surface area (Å²) in [6.07, 6.45) is 5.34. The third kappa shape index (κ3) is 4.54. The summed E-state index contributed by atoms with van der Waals surface area (Å²) in [7, 11) is 0. The first-order valence-corrected chi connectivity index (χ1v) is 12.5. The number of hydrogen-bond acceptors (Lipinski definition) is 5. The van der Waals surface area contributed by atoms with Crippen LogP contribution in [0.15, 0.2) is 36.9 Å². The molecule has 0 unspecified atom stereocenters. The molecular weight excluding hydrogens is 444 g/mol. The second-order valence-corrected chi connectivity index (χ2v) is 10.6. The van der Waals surface area contributed by atoms with E-state index in [0.717, 1.165) is 16.9 Å². The molecule has 0 saturated heterocycles. The van der Waals surface area contributed by atoms with E-state index in [-0.39, 0.29) is 5.91 Å². The lowest BCUT2D eigenvalue weighted by molar-refractivity contribution is -0.127. The maximum Gasteiger partial charge on any atom is 0.410 e. The number of nitrogens with zero attached hydrogens (tertiary/aromatic N) is 4. The molecule has 0 spiro atoms. The molecule has 0 bridgehead atoms.